The number of rotatable bonds is 9. The van der Waals surface area contributed by atoms with Gasteiger partial charge in [0.05, 0.1) is 26.4 Å². The number of nitrogens with zero attached hydrogens (tertiary/aromatic N) is 2. The zero-order valence-electron chi connectivity index (χ0n) is 15.7. The van der Waals surface area contributed by atoms with Gasteiger partial charge in [0.2, 0.25) is 0 Å². The number of guanidine groups is 1. The van der Waals surface area contributed by atoms with Crippen LogP contribution in [-0.2, 0) is 27.4 Å². The average molecular weight is 349 g/mol. The summed E-state index contributed by atoms with van der Waals surface area (Å²) in [7, 11) is 5.25. The van der Waals surface area contributed by atoms with E-state index in [1.54, 1.807) is 14.2 Å². The second-order valence-corrected chi connectivity index (χ2v) is 6.32. The molecule has 1 saturated heterocycles. The van der Waals surface area contributed by atoms with Crippen LogP contribution in [0.4, 0.5) is 0 Å². The lowest BCUT2D eigenvalue weighted by atomic mass is 10.1. The minimum absolute atomic E-state index is 0.556. The van der Waals surface area contributed by atoms with Gasteiger partial charge in [-0.15, -0.1) is 0 Å². The molecule has 1 heterocycles. The molecule has 1 atom stereocenters. The maximum absolute atomic E-state index is 5.66. The molecule has 0 radical (unpaired) electrons. The van der Waals surface area contributed by atoms with Gasteiger partial charge in [-0.3, -0.25) is 4.99 Å². The molecule has 1 aliphatic heterocycles. The summed E-state index contributed by atoms with van der Waals surface area (Å²) in [6, 6.07) is 8.43. The summed E-state index contributed by atoms with van der Waals surface area (Å²) < 4.78 is 15.9. The van der Waals surface area contributed by atoms with Gasteiger partial charge in [0, 0.05) is 46.8 Å². The van der Waals surface area contributed by atoms with Crippen molar-refractivity contribution in [1.29, 1.82) is 0 Å². The Kier molecular flexibility index (Phi) is 8.72. The maximum Gasteiger partial charge on any atom is 0.193 e. The molecule has 140 valence electrons. The van der Waals surface area contributed by atoms with Crippen LogP contribution in [0.2, 0.25) is 0 Å². The lowest BCUT2D eigenvalue weighted by Crippen LogP contribution is -2.39. The summed E-state index contributed by atoms with van der Waals surface area (Å²) in [5.41, 5.74) is 2.42. The summed E-state index contributed by atoms with van der Waals surface area (Å²) in [6.07, 6.45) is 1.14. The van der Waals surface area contributed by atoms with E-state index in [-0.39, 0.29) is 0 Å². The molecular formula is C19H31N3O3. The van der Waals surface area contributed by atoms with Crippen molar-refractivity contribution in [2.24, 2.45) is 10.9 Å². The van der Waals surface area contributed by atoms with E-state index >= 15 is 0 Å². The Morgan fingerprint density at radius 1 is 1.24 bits per heavy atom. The topological polar surface area (TPSA) is 55.3 Å². The molecule has 0 amide bonds. The average Bonchev–Trinajstić information content (AvgIpc) is 3.09. The van der Waals surface area contributed by atoms with Crippen LogP contribution in [-0.4, -0.2) is 65.0 Å². The van der Waals surface area contributed by atoms with Gasteiger partial charge >= 0.3 is 0 Å². The molecule has 1 N–H and O–H groups in total. The van der Waals surface area contributed by atoms with E-state index in [0.717, 1.165) is 38.6 Å². The second kappa shape index (κ2) is 11.1. The number of ether oxygens (including phenoxy) is 3. The minimum Gasteiger partial charge on any atom is -0.382 e. The highest BCUT2D eigenvalue weighted by Crippen LogP contribution is 2.17. The third kappa shape index (κ3) is 6.65. The summed E-state index contributed by atoms with van der Waals surface area (Å²) >= 11 is 0. The van der Waals surface area contributed by atoms with Gasteiger partial charge in [0.15, 0.2) is 5.96 Å². The van der Waals surface area contributed by atoms with Crippen molar-refractivity contribution < 1.29 is 14.2 Å². The molecule has 0 bridgehead atoms. The largest absolute Gasteiger partial charge is 0.382 e. The minimum atomic E-state index is 0.556. The molecule has 1 aliphatic rings. The molecule has 0 spiro atoms. The van der Waals surface area contributed by atoms with Crippen molar-refractivity contribution in [3.8, 4) is 0 Å². The number of benzene rings is 1. The zero-order chi connectivity index (χ0) is 17.9. The van der Waals surface area contributed by atoms with Gasteiger partial charge < -0.3 is 24.4 Å². The number of hydrogen-bond donors (Lipinski definition) is 1. The van der Waals surface area contributed by atoms with E-state index in [1.165, 1.54) is 11.1 Å². The first-order chi connectivity index (χ1) is 12.3. The van der Waals surface area contributed by atoms with Crippen LogP contribution < -0.4 is 5.32 Å². The Hall–Kier alpha value is -1.63. The molecule has 0 saturated carbocycles. The standard InChI is InChI=1S/C19H31N3O3/c1-20-19(21-12-16-5-4-6-17(11-16)14-24-3)22-8-7-18(13-22)15-25-10-9-23-2/h4-6,11,18H,7-10,12-15H2,1-3H3,(H,20,21). The van der Waals surface area contributed by atoms with Crippen molar-refractivity contribution in [2.75, 3.05) is 54.2 Å². The van der Waals surface area contributed by atoms with Crippen molar-refractivity contribution in [3.05, 3.63) is 35.4 Å². The molecule has 6 heteroatoms. The highest BCUT2D eigenvalue weighted by Gasteiger charge is 2.24. The molecule has 6 nitrogen and oxygen atoms in total. The quantitative estimate of drug-likeness (QED) is 0.419. The monoisotopic (exact) mass is 349 g/mol. The van der Waals surface area contributed by atoms with Crippen molar-refractivity contribution in [3.63, 3.8) is 0 Å². The van der Waals surface area contributed by atoms with E-state index in [2.05, 4.69) is 39.5 Å². The lowest BCUT2D eigenvalue weighted by Gasteiger charge is -2.22. The Morgan fingerprint density at radius 2 is 2.08 bits per heavy atom. The Morgan fingerprint density at radius 3 is 2.84 bits per heavy atom. The van der Waals surface area contributed by atoms with Crippen LogP contribution >= 0.6 is 0 Å². The Balaban J connectivity index is 1.78. The van der Waals surface area contributed by atoms with E-state index in [4.69, 9.17) is 14.2 Å². The van der Waals surface area contributed by atoms with Crippen LogP contribution in [0.15, 0.2) is 29.3 Å². The SMILES string of the molecule is CN=C(NCc1cccc(COC)c1)N1CCC(COCCOC)C1. The normalized spacial score (nSPS) is 18.0. The number of likely N-dealkylation sites (tertiary alicyclic amines) is 1. The van der Waals surface area contributed by atoms with E-state index in [9.17, 15) is 0 Å². The predicted octanol–water partition coefficient (Wildman–Crippen LogP) is 1.89. The molecule has 25 heavy (non-hydrogen) atoms. The molecular weight excluding hydrogens is 318 g/mol. The predicted molar refractivity (Wildman–Crippen MR) is 99.7 cm³/mol. The third-order valence-corrected chi connectivity index (χ3v) is 4.34. The lowest BCUT2D eigenvalue weighted by molar-refractivity contribution is 0.0536. The fraction of sp³-hybridized carbons (Fsp3) is 0.632. The van der Waals surface area contributed by atoms with E-state index in [0.29, 0.717) is 25.7 Å². The first kappa shape index (κ1) is 19.7. The number of hydrogen-bond acceptors (Lipinski definition) is 4. The third-order valence-electron chi connectivity index (χ3n) is 4.34. The summed E-state index contributed by atoms with van der Waals surface area (Å²) in [4.78, 5) is 6.74. The first-order valence-electron chi connectivity index (χ1n) is 8.85. The number of aliphatic imine (C=N–C) groups is 1. The summed E-state index contributed by atoms with van der Waals surface area (Å²) in [6.45, 7) is 5.50. The van der Waals surface area contributed by atoms with Crippen molar-refractivity contribution in [1.82, 2.24) is 10.2 Å². The van der Waals surface area contributed by atoms with Crippen LogP contribution in [0.5, 0.6) is 0 Å². The van der Waals surface area contributed by atoms with Crippen molar-refractivity contribution in [2.45, 2.75) is 19.6 Å². The van der Waals surface area contributed by atoms with Gasteiger partial charge in [-0.05, 0) is 17.5 Å². The molecule has 0 aromatic heterocycles. The maximum atomic E-state index is 5.66. The highest BCUT2D eigenvalue weighted by molar-refractivity contribution is 5.80. The Bertz CT molecular complexity index is 536. The van der Waals surface area contributed by atoms with Gasteiger partial charge in [0.1, 0.15) is 0 Å². The zero-order valence-corrected chi connectivity index (χ0v) is 15.7. The number of methoxy groups -OCH3 is 2. The molecule has 2 rings (SSSR count). The summed E-state index contributed by atoms with van der Waals surface area (Å²) in [5.74, 6) is 1.51. The fourth-order valence-corrected chi connectivity index (χ4v) is 3.06. The first-order valence-corrected chi connectivity index (χ1v) is 8.85. The molecule has 0 aliphatic carbocycles. The summed E-state index contributed by atoms with van der Waals surface area (Å²) in [5, 5.41) is 3.47. The fourth-order valence-electron chi connectivity index (χ4n) is 3.06. The van der Waals surface area contributed by atoms with Crippen LogP contribution in [0.1, 0.15) is 17.5 Å². The van der Waals surface area contributed by atoms with Crippen LogP contribution in [0, 0.1) is 5.92 Å². The van der Waals surface area contributed by atoms with Crippen LogP contribution in [0.25, 0.3) is 0 Å². The molecule has 1 aromatic carbocycles. The van der Waals surface area contributed by atoms with Crippen LogP contribution in [0.3, 0.4) is 0 Å². The highest BCUT2D eigenvalue weighted by atomic mass is 16.5. The Labute approximate surface area is 151 Å². The van der Waals surface area contributed by atoms with Gasteiger partial charge in [-0.25, -0.2) is 0 Å². The van der Waals surface area contributed by atoms with E-state index < -0.39 is 0 Å². The van der Waals surface area contributed by atoms with Gasteiger partial charge in [-0.1, -0.05) is 24.3 Å². The second-order valence-electron chi connectivity index (χ2n) is 6.32. The van der Waals surface area contributed by atoms with E-state index in [1.807, 2.05) is 7.05 Å². The smallest absolute Gasteiger partial charge is 0.193 e. The molecule has 1 unspecified atom stereocenters. The number of nitrogens with one attached hydrogen (secondary N) is 1. The van der Waals surface area contributed by atoms with Gasteiger partial charge in [0.25, 0.3) is 0 Å². The molecule has 1 fully saturated rings. The van der Waals surface area contributed by atoms with Gasteiger partial charge in [-0.2, -0.15) is 0 Å². The van der Waals surface area contributed by atoms with Crippen molar-refractivity contribution >= 4 is 5.96 Å². The molecule has 1 aromatic rings.